The molecule has 0 atom stereocenters. The number of nitrogens with one attached hydrogen (secondary N) is 1. The third-order valence-electron chi connectivity index (χ3n) is 4.28. The Morgan fingerprint density at radius 1 is 1.11 bits per heavy atom. The van der Waals surface area contributed by atoms with Gasteiger partial charge in [-0.2, -0.15) is 10.1 Å². The highest BCUT2D eigenvalue weighted by Gasteiger charge is 2.13. The van der Waals surface area contributed by atoms with Crippen molar-refractivity contribution in [3.8, 4) is 11.1 Å². The summed E-state index contributed by atoms with van der Waals surface area (Å²) in [6.45, 7) is 0.151. The molecule has 0 aliphatic rings. The summed E-state index contributed by atoms with van der Waals surface area (Å²) in [5.74, 6) is 0.930. The Morgan fingerprint density at radius 3 is 2.68 bits per heavy atom. The Bertz CT molecular complexity index is 1130. The minimum atomic E-state index is -0.332. The quantitative estimate of drug-likeness (QED) is 0.517. The molecular formula is C19H15Cl2N5O2. The maximum absolute atomic E-state index is 12.5. The molecule has 0 fully saturated rings. The fourth-order valence-corrected chi connectivity index (χ4v) is 3.21. The second kappa shape index (κ2) is 8.00. The molecule has 4 rings (SSSR count). The number of hydrogen-bond donors (Lipinski definition) is 1. The van der Waals surface area contributed by atoms with Crippen molar-refractivity contribution in [1.82, 2.24) is 24.9 Å². The molecule has 0 aliphatic carbocycles. The van der Waals surface area contributed by atoms with Crippen molar-refractivity contribution in [2.45, 2.75) is 19.4 Å². The molecule has 9 heteroatoms. The van der Waals surface area contributed by atoms with E-state index in [0.29, 0.717) is 28.7 Å². The summed E-state index contributed by atoms with van der Waals surface area (Å²) in [4.78, 5) is 16.9. The third kappa shape index (κ3) is 4.00. The monoisotopic (exact) mass is 415 g/mol. The van der Waals surface area contributed by atoms with Gasteiger partial charge in [0.2, 0.25) is 5.89 Å². The van der Waals surface area contributed by atoms with E-state index in [2.05, 4.69) is 20.3 Å². The number of rotatable bonds is 6. The average molecular weight is 416 g/mol. The highest BCUT2D eigenvalue weighted by atomic mass is 35.5. The van der Waals surface area contributed by atoms with Crippen LogP contribution in [0.2, 0.25) is 10.0 Å². The van der Waals surface area contributed by atoms with Gasteiger partial charge in [0.05, 0.1) is 6.20 Å². The van der Waals surface area contributed by atoms with Gasteiger partial charge in [-0.15, -0.1) is 0 Å². The number of hydrogen-bond acceptors (Lipinski definition) is 5. The first-order chi connectivity index (χ1) is 13.6. The van der Waals surface area contributed by atoms with Crippen LogP contribution in [0.15, 0.2) is 58.2 Å². The van der Waals surface area contributed by atoms with Crippen molar-refractivity contribution in [1.29, 1.82) is 0 Å². The first-order valence-electron chi connectivity index (χ1n) is 8.54. The number of aryl methyl sites for hydroxylation is 2. The fraction of sp³-hybridized carbons (Fsp3) is 0.158. The molecule has 0 saturated heterocycles. The SMILES string of the molecule is O=c1c(Cl)c(-c2cn[nH]c2)ccn1Cc1nc(CCc2ccc(Cl)cc2)no1. The smallest absolute Gasteiger partial charge is 0.270 e. The summed E-state index contributed by atoms with van der Waals surface area (Å²) in [6, 6.07) is 9.38. The van der Waals surface area contributed by atoms with E-state index >= 15 is 0 Å². The highest BCUT2D eigenvalue weighted by Crippen LogP contribution is 2.23. The number of aromatic nitrogens is 5. The minimum Gasteiger partial charge on any atom is -0.337 e. The van der Waals surface area contributed by atoms with Crippen molar-refractivity contribution >= 4 is 23.2 Å². The van der Waals surface area contributed by atoms with Gasteiger partial charge in [0.25, 0.3) is 5.56 Å². The predicted molar refractivity (Wildman–Crippen MR) is 106 cm³/mol. The van der Waals surface area contributed by atoms with Crippen LogP contribution >= 0.6 is 23.2 Å². The second-order valence-corrected chi connectivity index (χ2v) is 7.01. The van der Waals surface area contributed by atoms with Crippen molar-refractivity contribution in [2.75, 3.05) is 0 Å². The van der Waals surface area contributed by atoms with E-state index in [9.17, 15) is 4.79 Å². The zero-order valence-corrected chi connectivity index (χ0v) is 16.1. The molecule has 3 heterocycles. The molecule has 28 heavy (non-hydrogen) atoms. The van der Waals surface area contributed by atoms with Crippen LogP contribution < -0.4 is 5.56 Å². The number of pyridine rings is 1. The molecular weight excluding hydrogens is 401 g/mol. The van der Waals surface area contributed by atoms with Crippen molar-refractivity contribution in [3.05, 3.63) is 86.6 Å². The van der Waals surface area contributed by atoms with E-state index in [0.717, 1.165) is 17.5 Å². The van der Waals surface area contributed by atoms with Gasteiger partial charge in [-0.1, -0.05) is 40.5 Å². The van der Waals surface area contributed by atoms with Gasteiger partial charge < -0.3 is 9.09 Å². The number of nitrogens with zero attached hydrogens (tertiary/aromatic N) is 4. The molecule has 0 amide bonds. The van der Waals surface area contributed by atoms with Crippen LogP contribution in [-0.2, 0) is 19.4 Å². The topological polar surface area (TPSA) is 89.6 Å². The number of benzene rings is 1. The third-order valence-corrected chi connectivity index (χ3v) is 4.90. The Balaban J connectivity index is 1.46. The van der Waals surface area contributed by atoms with Crippen LogP contribution in [0.1, 0.15) is 17.3 Å². The zero-order valence-electron chi connectivity index (χ0n) is 14.6. The maximum Gasteiger partial charge on any atom is 0.270 e. The average Bonchev–Trinajstić information content (AvgIpc) is 3.37. The first-order valence-corrected chi connectivity index (χ1v) is 9.30. The molecule has 3 aromatic heterocycles. The molecule has 7 nitrogen and oxygen atoms in total. The molecule has 0 aliphatic heterocycles. The lowest BCUT2D eigenvalue weighted by molar-refractivity contribution is 0.365. The van der Waals surface area contributed by atoms with Crippen LogP contribution in [0.5, 0.6) is 0 Å². The molecule has 0 saturated carbocycles. The van der Waals surface area contributed by atoms with Gasteiger partial charge in [-0.3, -0.25) is 9.89 Å². The minimum absolute atomic E-state index is 0.117. The molecule has 4 aromatic rings. The number of halogens is 2. The second-order valence-electron chi connectivity index (χ2n) is 6.19. The van der Waals surface area contributed by atoms with Gasteiger partial charge in [-0.05, 0) is 30.2 Å². The predicted octanol–water partition coefficient (Wildman–Crippen LogP) is 3.76. The van der Waals surface area contributed by atoms with E-state index < -0.39 is 0 Å². The van der Waals surface area contributed by atoms with Crippen LogP contribution in [0.3, 0.4) is 0 Å². The van der Waals surface area contributed by atoms with Gasteiger partial charge in [0.1, 0.15) is 11.6 Å². The largest absolute Gasteiger partial charge is 0.337 e. The summed E-state index contributed by atoms with van der Waals surface area (Å²) in [5, 5.41) is 11.4. The van der Waals surface area contributed by atoms with Gasteiger partial charge in [-0.25, -0.2) is 0 Å². The number of H-pyrrole nitrogens is 1. The Morgan fingerprint density at radius 2 is 1.93 bits per heavy atom. The van der Waals surface area contributed by atoms with Crippen LogP contribution in [0, 0.1) is 0 Å². The molecule has 142 valence electrons. The first kappa shape index (κ1) is 18.5. The Labute approximate surface area is 169 Å². The lowest BCUT2D eigenvalue weighted by atomic mass is 10.1. The Kier molecular flexibility index (Phi) is 5.27. The molecule has 0 bridgehead atoms. The van der Waals surface area contributed by atoms with Gasteiger partial charge in [0, 0.05) is 35.0 Å². The number of aromatic amines is 1. The maximum atomic E-state index is 12.5. The van der Waals surface area contributed by atoms with Crippen molar-refractivity contribution < 1.29 is 4.52 Å². The standard InChI is InChI=1S/C19H15Cl2N5O2/c20-14-4-1-12(2-5-14)3-6-16-24-17(28-25-16)11-26-8-7-15(18(21)19(26)27)13-9-22-23-10-13/h1-2,4-5,7-10H,3,6,11H2,(H,22,23). The van der Waals surface area contributed by atoms with E-state index in [-0.39, 0.29) is 17.1 Å². The lowest BCUT2D eigenvalue weighted by Crippen LogP contribution is -2.21. The van der Waals surface area contributed by atoms with Crippen LogP contribution in [-0.4, -0.2) is 24.9 Å². The van der Waals surface area contributed by atoms with Gasteiger partial charge in [0.15, 0.2) is 5.82 Å². The molecule has 0 unspecified atom stereocenters. The van der Waals surface area contributed by atoms with Crippen LogP contribution in [0.4, 0.5) is 0 Å². The zero-order chi connectivity index (χ0) is 19.5. The van der Waals surface area contributed by atoms with Crippen molar-refractivity contribution in [2.24, 2.45) is 0 Å². The van der Waals surface area contributed by atoms with E-state index in [1.54, 1.807) is 24.7 Å². The van der Waals surface area contributed by atoms with E-state index in [1.165, 1.54) is 4.57 Å². The van der Waals surface area contributed by atoms with Crippen LogP contribution in [0.25, 0.3) is 11.1 Å². The van der Waals surface area contributed by atoms with Gasteiger partial charge >= 0.3 is 0 Å². The van der Waals surface area contributed by atoms with E-state index in [4.69, 9.17) is 27.7 Å². The Hall–Kier alpha value is -2.90. The summed E-state index contributed by atoms with van der Waals surface area (Å²) < 4.78 is 6.71. The lowest BCUT2D eigenvalue weighted by Gasteiger charge is -2.06. The molecule has 1 N–H and O–H groups in total. The summed E-state index contributed by atoms with van der Waals surface area (Å²) in [6.07, 6.45) is 6.32. The molecule has 0 radical (unpaired) electrons. The highest BCUT2D eigenvalue weighted by molar-refractivity contribution is 6.33. The summed E-state index contributed by atoms with van der Waals surface area (Å²) in [5.41, 5.74) is 2.16. The molecule has 0 spiro atoms. The molecule has 1 aromatic carbocycles. The fourth-order valence-electron chi connectivity index (χ4n) is 2.80. The normalized spacial score (nSPS) is 11.1. The van der Waals surface area contributed by atoms with E-state index in [1.807, 2.05) is 24.3 Å². The van der Waals surface area contributed by atoms with Crippen molar-refractivity contribution in [3.63, 3.8) is 0 Å². The summed E-state index contributed by atoms with van der Waals surface area (Å²) in [7, 11) is 0. The summed E-state index contributed by atoms with van der Waals surface area (Å²) >= 11 is 12.1.